The number of rotatable bonds is 4. The Morgan fingerprint density at radius 1 is 0.714 bits per heavy atom. The molecule has 0 aromatic heterocycles. The predicted molar refractivity (Wildman–Crippen MR) is 72.2 cm³/mol. The molecule has 0 spiro atoms. The van der Waals surface area contributed by atoms with Crippen molar-refractivity contribution in [3.63, 3.8) is 0 Å². The molecule has 0 atom stereocenters. The van der Waals surface area contributed by atoms with Crippen molar-refractivity contribution in [3.05, 3.63) is 47.5 Å². The van der Waals surface area contributed by atoms with Crippen molar-refractivity contribution < 1.29 is 27.0 Å². The Hall–Kier alpha value is -2.18. The SMILES string of the molecule is COc1cc(F)cc(F)c1Bc1c(F)cc(F)cc1OC. The van der Waals surface area contributed by atoms with Gasteiger partial charge in [-0.1, -0.05) is 0 Å². The summed E-state index contributed by atoms with van der Waals surface area (Å²) in [5, 5.41) is 0. The molecule has 0 aliphatic rings. The van der Waals surface area contributed by atoms with E-state index in [1.807, 2.05) is 0 Å². The van der Waals surface area contributed by atoms with Gasteiger partial charge in [-0.25, -0.2) is 17.6 Å². The molecule has 0 N–H and O–H groups in total. The lowest BCUT2D eigenvalue weighted by Crippen LogP contribution is -2.34. The van der Waals surface area contributed by atoms with Gasteiger partial charge in [0.25, 0.3) is 0 Å². The average Bonchev–Trinajstić information content (AvgIpc) is 2.42. The minimum Gasteiger partial charge on any atom is -0.497 e. The molecule has 0 saturated heterocycles. The molecule has 0 aliphatic heterocycles. The zero-order valence-corrected chi connectivity index (χ0v) is 11.3. The highest BCUT2D eigenvalue weighted by Gasteiger charge is 2.20. The molecule has 110 valence electrons. The number of halogens is 4. The van der Waals surface area contributed by atoms with E-state index in [9.17, 15) is 17.6 Å². The van der Waals surface area contributed by atoms with Crippen LogP contribution >= 0.6 is 0 Å². The summed E-state index contributed by atoms with van der Waals surface area (Å²) < 4.78 is 63.8. The van der Waals surface area contributed by atoms with Gasteiger partial charge in [0, 0.05) is 24.3 Å². The molecule has 0 amide bonds. The van der Waals surface area contributed by atoms with Gasteiger partial charge < -0.3 is 9.47 Å². The van der Waals surface area contributed by atoms with Crippen molar-refractivity contribution in [1.29, 1.82) is 0 Å². The average molecular weight is 298 g/mol. The zero-order valence-electron chi connectivity index (χ0n) is 11.3. The van der Waals surface area contributed by atoms with Gasteiger partial charge in [-0.2, -0.15) is 0 Å². The molecular formula is C14H11BF4O2. The molecule has 7 heteroatoms. The fourth-order valence-corrected chi connectivity index (χ4v) is 2.04. The summed E-state index contributed by atoms with van der Waals surface area (Å²) in [6.45, 7) is 0. The molecule has 0 saturated carbocycles. The van der Waals surface area contributed by atoms with Crippen LogP contribution in [0, 0.1) is 23.3 Å². The molecule has 0 heterocycles. The molecule has 0 unspecified atom stereocenters. The molecule has 2 aromatic carbocycles. The van der Waals surface area contributed by atoms with E-state index in [2.05, 4.69) is 0 Å². The van der Waals surface area contributed by atoms with E-state index in [0.717, 1.165) is 12.1 Å². The van der Waals surface area contributed by atoms with Crippen LogP contribution < -0.4 is 20.4 Å². The summed E-state index contributed by atoms with van der Waals surface area (Å²) in [6, 6.07) is 3.33. The fraction of sp³-hybridized carbons (Fsp3) is 0.143. The molecule has 0 aliphatic carbocycles. The lowest BCUT2D eigenvalue weighted by Gasteiger charge is -2.12. The molecule has 2 nitrogen and oxygen atoms in total. The third kappa shape index (κ3) is 3.12. The first-order valence-electron chi connectivity index (χ1n) is 6.00. The first-order valence-corrected chi connectivity index (χ1v) is 6.00. The minimum atomic E-state index is -0.877. The number of hydrogen-bond acceptors (Lipinski definition) is 2. The molecule has 0 fully saturated rings. The van der Waals surface area contributed by atoms with Crippen molar-refractivity contribution in [1.82, 2.24) is 0 Å². The first-order chi connectivity index (χ1) is 9.96. The standard InChI is InChI=1S/C14H11BF4O2/c1-20-11-5-7(16)3-9(18)13(11)15-14-10(19)4-8(17)6-12(14)21-2/h3-6,15H,1-2H3. The molecule has 2 aromatic rings. The Labute approximate surface area is 119 Å². The van der Waals surface area contributed by atoms with E-state index >= 15 is 0 Å². The minimum absolute atomic E-state index is 0.0392. The number of hydrogen-bond donors (Lipinski definition) is 0. The maximum atomic E-state index is 13.9. The van der Waals surface area contributed by atoms with Crippen LogP contribution in [0.25, 0.3) is 0 Å². The van der Waals surface area contributed by atoms with E-state index < -0.39 is 23.3 Å². The molecule has 2 rings (SSSR count). The Balaban J connectivity index is 2.53. The number of ether oxygens (including phenoxy) is 2. The van der Waals surface area contributed by atoms with Crippen molar-refractivity contribution in [2.24, 2.45) is 0 Å². The van der Waals surface area contributed by atoms with Gasteiger partial charge in [-0.15, -0.1) is 0 Å². The van der Waals surface area contributed by atoms with Crippen molar-refractivity contribution >= 4 is 18.2 Å². The quantitative estimate of drug-likeness (QED) is 0.631. The summed E-state index contributed by atoms with van der Waals surface area (Å²) in [5.74, 6) is -3.48. The van der Waals surface area contributed by atoms with Gasteiger partial charge >= 0.3 is 0 Å². The number of methoxy groups -OCH3 is 2. The monoisotopic (exact) mass is 298 g/mol. The van der Waals surface area contributed by atoms with Gasteiger partial charge in [0.1, 0.15) is 34.8 Å². The number of benzene rings is 2. The summed E-state index contributed by atoms with van der Waals surface area (Å²) in [5.41, 5.74) is -0.0783. The lowest BCUT2D eigenvalue weighted by molar-refractivity contribution is 0.410. The zero-order chi connectivity index (χ0) is 15.6. The van der Waals surface area contributed by atoms with Crippen molar-refractivity contribution in [2.45, 2.75) is 0 Å². The second-order valence-corrected chi connectivity index (χ2v) is 4.31. The van der Waals surface area contributed by atoms with Crippen molar-refractivity contribution in [2.75, 3.05) is 14.2 Å². The van der Waals surface area contributed by atoms with E-state index in [-0.39, 0.29) is 29.7 Å². The van der Waals surface area contributed by atoms with Crippen molar-refractivity contribution in [3.8, 4) is 11.5 Å². The van der Waals surface area contributed by atoms with Crippen LogP contribution in [0.15, 0.2) is 24.3 Å². The van der Waals surface area contributed by atoms with Crippen LogP contribution in [-0.2, 0) is 0 Å². The van der Waals surface area contributed by atoms with Crippen LogP contribution in [0.4, 0.5) is 17.6 Å². The van der Waals surface area contributed by atoms with Crippen LogP contribution in [0.1, 0.15) is 0 Å². The third-order valence-corrected chi connectivity index (χ3v) is 3.03. The molecule has 21 heavy (non-hydrogen) atoms. The predicted octanol–water partition coefficient (Wildman–Crippen LogP) is 1.65. The van der Waals surface area contributed by atoms with Gasteiger partial charge in [-0.3, -0.25) is 0 Å². The summed E-state index contributed by atoms with van der Waals surface area (Å²) in [4.78, 5) is 0. The third-order valence-electron chi connectivity index (χ3n) is 3.03. The highest BCUT2D eigenvalue weighted by atomic mass is 19.1. The largest absolute Gasteiger partial charge is 0.497 e. The summed E-state index contributed by atoms with van der Waals surface area (Å²) in [7, 11) is 2.23. The van der Waals surface area contributed by atoms with E-state index in [1.165, 1.54) is 14.2 Å². The van der Waals surface area contributed by atoms with E-state index in [0.29, 0.717) is 12.1 Å². The normalized spacial score (nSPS) is 10.4. The second-order valence-electron chi connectivity index (χ2n) is 4.31. The first kappa shape index (κ1) is 15.2. The van der Waals surface area contributed by atoms with E-state index in [4.69, 9.17) is 9.47 Å². The van der Waals surface area contributed by atoms with Crippen LogP contribution in [0.3, 0.4) is 0 Å². The maximum Gasteiger partial charge on any atom is 0.209 e. The van der Waals surface area contributed by atoms with E-state index in [1.54, 1.807) is 0 Å². The van der Waals surface area contributed by atoms with Crippen LogP contribution in [-0.4, -0.2) is 21.5 Å². The highest BCUT2D eigenvalue weighted by molar-refractivity contribution is 6.69. The smallest absolute Gasteiger partial charge is 0.209 e. The highest BCUT2D eigenvalue weighted by Crippen LogP contribution is 2.16. The maximum absolute atomic E-state index is 13.9. The van der Waals surface area contributed by atoms with Gasteiger partial charge in [0.05, 0.1) is 14.2 Å². The van der Waals surface area contributed by atoms with Crippen LogP contribution in [0.2, 0.25) is 0 Å². The molecule has 0 radical (unpaired) electrons. The second kappa shape index (κ2) is 6.07. The Kier molecular flexibility index (Phi) is 4.40. The Bertz CT molecular complexity index is 619. The topological polar surface area (TPSA) is 18.5 Å². The summed E-state index contributed by atoms with van der Waals surface area (Å²) >= 11 is 0. The summed E-state index contributed by atoms with van der Waals surface area (Å²) in [6.07, 6.45) is 0. The van der Waals surface area contributed by atoms with Gasteiger partial charge in [0.2, 0.25) is 7.28 Å². The molecule has 0 bridgehead atoms. The molecular weight excluding hydrogens is 287 g/mol. The van der Waals surface area contributed by atoms with Gasteiger partial charge in [0.15, 0.2) is 0 Å². The van der Waals surface area contributed by atoms with Crippen LogP contribution in [0.5, 0.6) is 11.5 Å². The Morgan fingerprint density at radius 2 is 1.10 bits per heavy atom. The lowest BCUT2D eigenvalue weighted by atomic mass is 9.62. The Morgan fingerprint density at radius 3 is 1.43 bits per heavy atom. The fourth-order valence-electron chi connectivity index (χ4n) is 2.04. The van der Waals surface area contributed by atoms with Gasteiger partial charge in [-0.05, 0) is 10.9 Å².